The lowest BCUT2D eigenvalue weighted by Crippen LogP contribution is -2.43. The molecule has 0 aliphatic carbocycles. The van der Waals surface area contributed by atoms with Crippen LogP contribution in [0.5, 0.6) is 11.5 Å². The van der Waals surface area contributed by atoms with Gasteiger partial charge in [0.05, 0.1) is 38.0 Å². The zero-order valence-electron chi connectivity index (χ0n) is 19.3. The Bertz CT molecular complexity index is 1570. The Morgan fingerprint density at radius 2 is 1.80 bits per heavy atom. The molecule has 180 valence electrons. The van der Waals surface area contributed by atoms with Crippen molar-refractivity contribution in [3.05, 3.63) is 55.1 Å². The van der Waals surface area contributed by atoms with Crippen LogP contribution in [0, 0.1) is 0 Å². The van der Waals surface area contributed by atoms with E-state index in [1.807, 2.05) is 6.92 Å². The number of methoxy groups -OCH3 is 2. The fourth-order valence-electron chi connectivity index (χ4n) is 4.19. The predicted molar refractivity (Wildman–Crippen MR) is 132 cm³/mol. The summed E-state index contributed by atoms with van der Waals surface area (Å²) in [5.74, 6) is 1.39. The second-order valence-electron chi connectivity index (χ2n) is 7.75. The van der Waals surface area contributed by atoms with Gasteiger partial charge in [0.25, 0.3) is 10.0 Å². The number of amidine groups is 1. The molecule has 0 spiro atoms. The topological polar surface area (TPSA) is 138 Å². The molecule has 0 amide bonds. The predicted octanol–water partition coefficient (Wildman–Crippen LogP) is 3.32. The molecule has 1 aliphatic rings. The van der Waals surface area contributed by atoms with Crippen LogP contribution in [0.25, 0.3) is 11.2 Å². The van der Waals surface area contributed by atoms with E-state index in [1.165, 1.54) is 24.9 Å². The standard InChI is InChI=1S/C23H23N7O4S/c1-4-16(29-13-27-20-21(24)25-12-26-23(20)29)22-28-15-7-5-6-8-19(15)35(31,32)30(22)14-9-10-17(33-2)18(11-14)34-3/h5-13,16H,4H2,1-3H3,(H2,24,25,26). The quantitative estimate of drug-likeness (QED) is 0.432. The highest BCUT2D eigenvalue weighted by molar-refractivity contribution is 7.93. The van der Waals surface area contributed by atoms with Gasteiger partial charge in [-0.3, -0.25) is 0 Å². The first-order chi connectivity index (χ1) is 16.9. The maximum absolute atomic E-state index is 14.0. The highest BCUT2D eigenvalue weighted by atomic mass is 32.2. The van der Waals surface area contributed by atoms with Gasteiger partial charge in [0, 0.05) is 6.07 Å². The van der Waals surface area contributed by atoms with Crippen LogP contribution in [0.3, 0.4) is 0 Å². The second kappa shape index (κ2) is 8.55. The molecule has 1 unspecified atom stereocenters. The molecule has 0 saturated heterocycles. The van der Waals surface area contributed by atoms with Crippen LogP contribution in [0.15, 0.2) is 65.0 Å². The van der Waals surface area contributed by atoms with E-state index in [4.69, 9.17) is 20.2 Å². The number of nitrogens with two attached hydrogens (primary N) is 1. The van der Waals surface area contributed by atoms with Crippen molar-refractivity contribution in [1.82, 2.24) is 19.5 Å². The molecule has 2 N–H and O–H groups in total. The van der Waals surface area contributed by atoms with Gasteiger partial charge in [-0.15, -0.1) is 0 Å². The number of aliphatic imine (C=N–C) groups is 1. The van der Waals surface area contributed by atoms with Crippen LogP contribution in [0.1, 0.15) is 19.4 Å². The van der Waals surface area contributed by atoms with Gasteiger partial charge in [0.2, 0.25) is 0 Å². The van der Waals surface area contributed by atoms with Crippen molar-refractivity contribution in [1.29, 1.82) is 0 Å². The van der Waals surface area contributed by atoms with Gasteiger partial charge in [-0.2, -0.15) is 0 Å². The molecule has 5 rings (SSSR count). The van der Waals surface area contributed by atoms with Gasteiger partial charge in [-0.25, -0.2) is 32.7 Å². The van der Waals surface area contributed by atoms with Crippen LogP contribution < -0.4 is 19.5 Å². The lowest BCUT2D eigenvalue weighted by atomic mass is 10.1. The summed E-state index contributed by atoms with van der Waals surface area (Å²) < 4.78 is 41.7. The highest BCUT2D eigenvalue weighted by Gasteiger charge is 2.39. The number of hydrogen-bond donors (Lipinski definition) is 1. The molecular weight excluding hydrogens is 470 g/mol. The number of benzene rings is 2. The summed E-state index contributed by atoms with van der Waals surface area (Å²) in [7, 11) is -1.01. The Kier molecular flexibility index (Phi) is 5.52. The van der Waals surface area contributed by atoms with Crippen LogP contribution in [-0.2, 0) is 10.0 Å². The van der Waals surface area contributed by atoms with Crippen molar-refractivity contribution in [2.45, 2.75) is 24.3 Å². The summed E-state index contributed by atoms with van der Waals surface area (Å²) in [6, 6.07) is 11.0. The van der Waals surface area contributed by atoms with Gasteiger partial charge in [-0.05, 0) is 30.7 Å². The Morgan fingerprint density at radius 3 is 2.54 bits per heavy atom. The minimum absolute atomic E-state index is 0.107. The Balaban J connectivity index is 1.77. The Hall–Kier alpha value is -4.19. The maximum Gasteiger partial charge on any atom is 0.271 e. The molecule has 2 aromatic heterocycles. The number of imidazole rings is 1. The summed E-state index contributed by atoms with van der Waals surface area (Å²) in [5, 5.41) is 0. The average molecular weight is 494 g/mol. The summed E-state index contributed by atoms with van der Waals surface area (Å²) >= 11 is 0. The summed E-state index contributed by atoms with van der Waals surface area (Å²) in [6.45, 7) is 1.93. The molecule has 0 radical (unpaired) electrons. The summed E-state index contributed by atoms with van der Waals surface area (Å²) in [4.78, 5) is 17.6. The van der Waals surface area contributed by atoms with Crippen molar-refractivity contribution < 1.29 is 17.9 Å². The van der Waals surface area contributed by atoms with Crippen molar-refractivity contribution in [2.24, 2.45) is 4.99 Å². The van der Waals surface area contributed by atoms with Gasteiger partial charge in [0.1, 0.15) is 22.6 Å². The zero-order chi connectivity index (χ0) is 24.7. The van der Waals surface area contributed by atoms with Gasteiger partial charge >= 0.3 is 0 Å². The van der Waals surface area contributed by atoms with E-state index in [2.05, 4.69) is 15.0 Å². The van der Waals surface area contributed by atoms with Crippen molar-refractivity contribution in [3.8, 4) is 11.5 Å². The lowest BCUT2D eigenvalue weighted by Gasteiger charge is -2.34. The van der Waals surface area contributed by atoms with Crippen LogP contribution >= 0.6 is 0 Å². The van der Waals surface area contributed by atoms with Gasteiger partial charge < -0.3 is 19.8 Å². The molecule has 0 fully saturated rings. The number of nitrogens with zero attached hydrogens (tertiary/aromatic N) is 6. The van der Waals surface area contributed by atoms with E-state index < -0.39 is 16.1 Å². The molecule has 1 atom stereocenters. The number of aromatic nitrogens is 4. The first kappa shape index (κ1) is 22.6. The first-order valence-corrected chi connectivity index (χ1v) is 12.2. The molecule has 2 aromatic carbocycles. The molecule has 0 bridgehead atoms. The average Bonchev–Trinajstić information content (AvgIpc) is 3.29. The molecule has 11 nitrogen and oxygen atoms in total. The first-order valence-electron chi connectivity index (χ1n) is 10.8. The lowest BCUT2D eigenvalue weighted by molar-refractivity contribution is 0.355. The number of fused-ring (bicyclic) bond motifs is 2. The number of rotatable bonds is 6. The summed E-state index contributed by atoms with van der Waals surface area (Å²) in [5.41, 5.74) is 7.61. The Morgan fingerprint density at radius 1 is 1.03 bits per heavy atom. The molecular formula is C23H23N7O4S. The Labute approximate surface area is 201 Å². The summed E-state index contributed by atoms with van der Waals surface area (Å²) in [6.07, 6.45) is 3.42. The number of nitrogen functional groups attached to an aromatic ring is 1. The molecule has 1 aliphatic heterocycles. The number of ether oxygens (including phenoxy) is 2. The fourth-order valence-corrected chi connectivity index (χ4v) is 5.82. The van der Waals surface area contributed by atoms with Crippen LogP contribution in [-0.4, -0.2) is 48.0 Å². The van der Waals surface area contributed by atoms with E-state index in [9.17, 15) is 8.42 Å². The van der Waals surface area contributed by atoms with Crippen molar-refractivity contribution in [3.63, 3.8) is 0 Å². The third-order valence-corrected chi connectivity index (χ3v) is 7.62. The number of sulfonamides is 1. The van der Waals surface area contributed by atoms with Crippen LogP contribution in [0.2, 0.25) is 0 Å². The molecule has 35 heavy (non-hydrogen) atoms. The van der Waals surface area contributed by atoms with Crippen molar-refractivity contribution in [2.75, 3.05) is 24.3 Å². The smallest absolute Gasteiger partial charge is 0.271 e. The van der Waals surface area contributed by atoms with Crippen LogP contribution in [0.4, 0.5) is 17.2 Å². The van der Waals surface area contributed by atoms with E-state index in [0.29, 0.717) is 40.5 Å². The largest absolute Gasteiger partial charge is 0.493 e. The third-order valence-electron chi connectivity index (χ3n) is 5.84. The minimum Gasteiger partial charge on any atom is -0.493 e. The highest BCUT2D eigenvalue weighted by Crippen LogP contribution is 2.41. The second-order valence-corrected chi connectivity index (χ2v) is 9.51. The van der Waals surface area contributed by atoms with E-state index in [-0.39, 0.29) is 16.5 Å². The SMILES string of the molecule is CCC(C1=Nc2ccccc2S(=O)(=O)N1c1ccc(OC)c(OC)c1)n1cnc2c(N)ncnc21. The fraction of sp³-hybridized carbons (Fsp3) is 0.217. The third kappa shape index (κ3) is 3.53. The van der Waals surface area contributed by atoms with E-state index >= 15 is 0 Å². The maximum atomic E-state index is 14.0. The number of para-hydroxylation sites is 1. The van der Waals surface area contributed by atoms with Gasteiger partial charge in [-0.1, -0.05) is 19.1 Å². The number of hydrogen-bond acceptors (Lipinski definition) is 9. The number of anilines is 2. The molecule has 0 saturated carbocycles. The van der Waals surface area contributed by atoms with Gasteiger partial charge in [0.15, 0.2) is 23.0 Å². The van der Waals surface area contributed by atoms with E-state index in [1.54, 1.807) is 53.4 Å². The zero-order valence-corrected chi connectivity index (χ0v) is 20.1. The van der Waals surface area contributed by atoms with E-state index in [0.717, 1.165) is 0 Å². The monoisotopic (exact) mass is 493 g/mol. The molecule has 12 heteroatoms. The van der Waals surface area contributed by atoms with Crippen molar-refractivity contribution >= 4 is 44.2 Å². The molecule has 3 heterocycles. The molecule has 4 aromatic rings. The normalized spacial score (nSPS) is 15.4. The minimum atomic E-state index is -4.02.